The minimum absolute atomic E-state index is 0.0481. The van der Waals surface area contributed by atoms with Crippen molar-refractivity contribution in [1.29, 1.82) is 0 Å². The molecule has 0 aliphatic carbocycles. The molecule has 0 aliphatic rings. The maximum atomic E-state index is 8.92. The second kappa shape index (κ2) is 5.85. The van der Waals surface area contributed by atoms with E-state index in [9.17, 15) is 0 Å². The van der Waals surface area contributed by atoms with Gasteiger partial charge in [0.05, 0.1) is 6.54 Å². The van der Waals surface area contributed by atoms with E-state index >= 15 is 0 Å². The Morgan fingerprint density at radius 3 is 2.39 bits per heavy atom. The van der Waals surface area contributed by atoms with Gasteiger partial charge in [0.1, 0.15) is 18.1 Å². The molecular weight excluding hydrogens is 226 g/mol. The zero-order valence-corrected chi connectivity index (χ0v) is 10.8. The minimum atomic E-state index is -0.0481. The molecule has 0 unspecified atom stereocenters. The Kier molecular flexibility index (Phi) is 4.18. The topological polar surface area (TPSA) is 45.4 Å². The Labute approximate surface area is 107 Å². The standard InChI is InChI=1S/C15H19NO2/c1-11-3-5-13(6-4-11)12(2)16-9-14-7-8-15(10-17)18-14/h3-8,12,16-17H,9-10H2,1-2H3/t12-/m0/s1. The molecule has 0 saturated heterocycles. The van der Waals surface area contributed by atoms with Crippen molar-refractivity contribution in [2.75, 3.05) is 0 Å². The Bertz CT molecular complexity index is 487. The predicted octanol–water partition coefficient (Wildman–Crippen LogP) is 2.93. The molecule has 18 heavy (non-hydrogen) atoms. The summed E-state index contributed by atoms with van der Waals surface area (Å²) in [5.41, 5.74) is 2.53. The van der Waals surface area contributed by atoms with Crippen LogP contribution in [0.3, 0.4) is 0 Å². The fraction of sp³-hybridized carbons (Fsp3) is 0.333. The van der Waals surface area contributed by atoms with E-state index < -0.39 is 0 Å². The molecule has 0 saturated carbocycles. The number of nitrogens with one attached hydrogen (secondary N) is 1. The van der Waals surface area contributed by atoms with Crippen molar-refractivity contribution >= 4 is 0 Å². The lowest BCUT2D eigenvalue weighted by atomic mass is 10.1. The number of hydrogen-bond donors (Lipinski definition) is 2. The fourth-order valence-electron chi connectivity index (χ4n) is 1.83. The van der Waals surface area contributed by atoms with Crippen LogP contribution in [0.5, 0.6) is 0 Å². The van der Waals surface area contributed by atoms with Gasteiger partial charge in [-0.05, 0) is 31.5 Å². The van der Waals surface area contributed by atoms with Crippen LogP contribution in [0, 0.1) is 6.92 Å². The van der Waals surface area contributed by atoms with Gasteiger partial charge in [0.25, 0.3) is 0 Å². The summed E-state index contributed by atoms with van der Waals surface area (Å²) in [5.74, 6) is 1.45. The monoisotopic (exact) mass is 245 g/mol. The lowest BCUT2D eigenvalue weighted by Crippen LogP contribution is -2.17. The molecular formula is C15H19NO2. The molecule has 3 nitrogen and oxygen atoms in total. The van der Waals surface area contributed by atoms with Crippen LogP contribution in [-0.2, 0) is 13.2 Å². The SMILES string of the molecule is Cc1ccc([C@H](C)NCc2ccc(CO)o2)cc1. The van der Waals surface area contributed by atoms with Gasteiger partial charge in [-0.25, -0.2) is 0 Å². The van der Waals surface area contributed by atoms with Crippen LogP contribution in [0.25, 0.3) is 0 Å². The van der Waals surface area contributed by atoms with E-state index in [1.54, 1.807) is 6.07 Å². The summed E-state index contributed by atoms with van der Waals surface area (Å²) in [6, 6.07) is 12.5. The lowest BCUT2D eigenvalue weighted by molar-refractivity contribution is 0.242. The first kappa shape index (κ1) is 12.9. The molecule has 0 fully saturated rings. The van der Waals surface area contributed by atoms with Gasteiger partial charge in [0, 0.05) is 6.04 Å². The van der Waals surface area contributed by atoms with Crippen molar-refractivity contribution in [3.63, 3.8) is 0 Å². The van der Waals surface area contributed by atoms with Gasteiger partial charge >= 0.3 is 0 Å². The largest absolute Gasteiger partial charge is 0.462 e. The van der Waals surface area contributed by atoms with Gasteiger partial charge in [-0.1, -0.05) is 29.8 Å². The van der Waals surface area contributed by atoms with Crippen molar-refractivity contribution in [3.8, 4) is 0 Å². The van der Waals surface area contributed by atoms with Gasteiger partial charge < -0.3 is 14.8 Å². The number of aryl methyl sites for hydroxylation is 1. The molecule has 1 atom stereocenters. The van der Waals surface area contributed by atoms with Gasteiger partial charge in [-0.3, -0.25) is 0 Å². The summed E-state index contributed by atoms with van der Waals surface area (Å²) in [6.45, 7) is 4.82. The van der Waals surface area contributed by atoms with E-state index in [1.165, 1.54) is 11.1 Å². The zero-order valence-electron chi connectivity index (χ0n) is 10.8. The second-order valence-electron chi connectivity index (χ2n) is 4.54. The molecule has 0 amide bonds. The number of furan rings is 1. The second-order valence-corrected chi connectivity index (χ2v) is 4.54. The normalized spacial score (nSPS) is 12.6. The molecule has 2 N–H and O–H groups in total. The summed E-state index contributed by atoms with van der Waals surface area (Å²) >= 11 is 0. The third kappa shape index (κ3) is 3.22. The van der Waals surface area contributed by atoms with Crippen molar-refractivity contribution in [1.82, 2.24) is 5.32 Å². The van der Waals surface area contributed by atoms with E-state index in [2.05, 4.69) is 43.4 Å². The van der Waals surface area contributed by atoms with E-state index in [-0.39, 0.29) is 12.6 Å². The molecule has 0 aliphatic heterocycles. The quantitative estimate of drug-likeness (QED) is 0.851. The van der Waals surface area contributed by atoms with Gasteiger partial charge in [-0.2, -0.15) is 0 Å². The smallest absolute Gasteiger partial charge is 0.129 e. The van der Waals surface area contributed by atoms with Crippen LogP contribution < -0.4 is 5.32 Å². The molecule has 1 aromatic heterocycles. The summed E-state index contributed by atoms with van der Waals surface area (Å²) in [4.78, 5) is 0. The summed E-state index contributed by atoms with van der Waals surface area (Å²) < 4.78 is 5.43. The molecule has 1 heterocycles. The summed E-state index contributed by atoms with van der Waals surface area (Å²) in [5, 5.41) is 12.3. The van der Waals surface area contributed by atoms with Gasteiger partial charge in [0.2, 0.25) is 0 Å². The highest BCUT2D eigenvalue weighted by atomic mass is 16.4. The van der Waals surface area contributed by atoms with Crippen molar-refractivity contribution in [2.45, 2.75) is 33.0 Å². The van der Waals surface area contributed by atoms with E-state index in [0.29, 0.717) is 12.3 Å². The van der Waals surface area contributed by atoms with Crippen LogP contribution in [0.1, 0.15) is 35.6 Å². The predicted molar refractivity (Wildman–Crippen MR) is 71.1 cm³/mol. The summed E-state index contributed by atoms with van der Waals surface area (Å²) in [7, 11) is 0. The Morgan fingerprint density at radius 1 is 1.11 bits per heavy atom. The third-order valence-corrected chi connectivity index (χ3v) is 3.03. The Morgan fingerprint density at radius 2 is 1.78 bits per heavy atom. The average molecular weight is 245 g/mol. The summed E-state index contributed by atoms with van der Waals surface area (Å²) in [6.07, 6.45) is 0. The van der Waals surface area contributed by atoms with Gasteiger partial charge in [-0.15, -0.1) is 0 Å². The van der Waals surface area contributed by atoms with E-state index in [1.807, 2.05) is 6.07 Å². The van der Waals surface area contributed by atoms with Crippen molar-refractivity contribution in [2.24, 2.45) is 0 Å². The molecule has 1 aromatic carbocycles. The maximum absolute atomic E-state index is 8.92. The lowest BCUT2D eigenvalue weighted by Gasteiger charge is -2.13. The van der Waals surface area contributed by atoms with Crippen LogP contribution >= 0.6 is 0 Å². The highest BCUT2D eigenvalue weighted by molar-refractivity contribution is 5.23. The van der Waals surface area contributed by atoms with Crippen LogP contribution in [-0.4, -0.2) is 5.11 Å². The molecule has 2 aromatic rings. The molecule has 96 valence electrons. The molecule has 0 bridgehead atoms. The molecule has 2 rings (SSSR count). The Balaban J connectivity index is 1.91. The molecule has 0 spiro atoms. The molecule has 3 heteroatoms. The van der Waals surface area contributed by atoms with Crippen LogP contribution in [0.4, 0.5) is 0 Å². The van der Waals surface area contributed by atoms with E-state index in [0.717, 1.165) is 5.76 Å². The van der Waals surface area contributed by atoms with Gasteiger partial charge in [0.15, 0.2) is 0 Å². The first-order valence-electron chi connectivity index (χ1n) is 6.17. The minimum Gasteiger partial charge on any atom is -0.462 e. The number of hydrogen-bond acceptors (Lipinski definition) is 3. The fourth-order valence-corrected chi connectivity index (χ4v) is 1.83. The van der Waals surface area contributed by atoms with Crippen LogP contribution in [0.15, 0.2) is 40.8 Å². The number of rotatable bonds is 5. The number of aliphatic hydroxyl groups is 1. The first-order chi connectivity index (χ1) is 8.69. The molecule has 0 radical (unpaired) electrons. The van der Waals surface area contributed by atoms with Crippen molar-refractivity contribution < 1.29 is 9.52 Å². The highest BCUT2D eigenvalue weighted by Crippen LogP contribution is 2.14. The number of aliphatic hydroxyl groups excluding tert-OH is 1. The van der Waals surface area contributed by atoms with Crippen molar-refractivity contribution in [3.05, 3.63) is 59.0 Å². The highest BCUT2D eigenvalue weighted by Gasteiger charge is 2.06. The average Bonchev–Trinajstić information content (AvgIpc) is 2.85. The maximum Gasteiger partial charge on any atom is 0.129 e. The zero-order chi connectivity index (χ0) is 13.0. The third-order valence-electron chi connectivity index (χ3n) is 3.03. The number of benzene rings is 1. The Hall–Kier alpha value is -1.58. The van der Waals surface area contributed by atoms with E-state index in [4.69, 9.17) is 9.52 Å². The first-order valence-corrected chi connectivity index (χ1v) is 6.17. The van der Waals surface area contributed by atoms with Crippen LogP contribution in [0.2, 0.25) is 0 Å².